The van der Waals surface area contributed by atoms with Crippen molar-refractivity contribution in [3.05, 3.63) is 33.2 Å². The summed E-state index contributed by atoms with van der Waals surface area (Å²) in [6.45, 7) is 6.83. The van der Waals surface area contributed by atoms with E-state index in [4.69, 9.17) is 9.15 Å². The molecule has 2 aromatic rings. The molecular weight excluding hydrogens is 312 g/mol. The first kappa shape index (κ1) is 16.2. The minimum absolute atomic E-state index is 0.0104. The Morgan fingerprint density at radius 1 is 1.33 bits per heavy atom. The molecule has 0 fully saturated rings. The average Bonchev–Trinajstić information content (AvgIpc) is 2.44. The van der Waals surface area contributed by atoms with E-state index in [0.717, 1.165) is 0 Å². The number of benzene rings is 1. The molecule has 1 aliphatic heterocycles. The van der Waals surface area contributed by atoms with Crippen LogP contribution in [-0.2, 0) is 4.79 Å². The highest BCUT2D eigenvalue weighted by Gasteiger charge is 2.37. The molecule has 6 heteroatoms. The molecule has 0 saturated heterocycles. The number of phenolic OH excluding ortho intramolecular Hbond substituents is 1. The lowest BCUT2D eigenvalue weighted by Crippen LogP contribution is -2.25. The summed E-state index contributed by atoms with van der Waals surface area (Å²) in [6.07, 6.45) is 0.125. The van der Waals surface area contributed by atoms with Crippen LogP contribution in [0.5, 0.6) is 11.5 Å². The van der Waals surface area contributed by atoms with Gasteiger partial charge in [-0.1, -0.05) is 13.8 Å². The van der Waals surface area contributed by atoms with Crippen molar-refractivity contribution in [2.75, 3.05) is 0 Å². The highest BCUT2D eigenvalue weighted by molar-refractivity contribution is 6.08. The van der Waals surface area contributed by atoms with Crippen molar-refractivity contribution >= 4 is 22.7 Å². The SMILES string of the molecule is CC(=O)c1c2c(c3oc(=O)cc(C)c3c1O)[C@H](C(C)C)CC(=O)O2. The maximum Gasteiger partial charge on any atom is 0.336 e. The number of hydrogen-bond donors (Lipinski definition) is 1. The average molecular weight is 330 g/mol. The first-order chi connectivity index (χ1) is 11.2. The molecule has 6 nitrogen and oxygen atoms in total. The third kappa shape index (κ3) is 2.29. The molecule has 0 radical (unpaired) electrons. The van der Waals surface area contributed by atoms with Crippen molar-refractivity contribution < 1.29 is 23.8 Å². The topological polar surface area (TPSA) is 93.8 Å². The van der Waals surface area contributed by atoms with Gasteiger partial charge in [0.05, 0.1) is 11.8 Å². The van der Waals surface area contributed by atoms with E-state index < -0.39 is 17.4 Å². The summed E-state index contributed by atoms with van der Waals surface area (Å²) in [4.78, 5) is 35.9. The van der Waals surface area contributed by atoms with E-state index in [0.29, 0.717) is 16.5 Å². The molecule has 1 aromatic carbocycles. The highest BCUT2D eigenvalue weighted by Crippen LogP contribution is 2.49. The summed E-state index contributed by atoms with van der Waals surface area (Å²) in [5.41, 5.74) is 0.584. The Labute approximate surface area is 138 Å². The zero-order chi connectivity index (χ0) is 17.8. The van der Waals surface area contributed by atoms with Gasteiger partial charge in [0.15, 0.2) is 11.5 Å². The monoisotopic (exact) mass is 330 g/mol. The van der Waals surface area contributed by atoms with Gasteiger partial charge in [-0.2, -0.15) is 0 Å². The minimum Gasteiger partial charge on any atom is -0.506 e. The van der Waals surface area contributed by atoms with Crippen LogP contribution in [0.15, 0.2) is 15.3 Å². The van der Waals surface area contributed by atoms with Crippen molar-refractivity contribution in [1.29, 1.82) is 0 Å². The first-order valence-electron chi connectivity index (χ1n) is 7.77. The van der Waals surface area contributed by atoms with E-state index in [9.17, 15) is 19.5 Å². The Kier molecular flexibility index (Phi) is 3.70. The highest BCUT2D eigenvalue weighted by atomic mass is 16.5. The van der Waals surface area contributed by atoms with Crippen LogP contribution in [0.2, 0.25) is 0 Å². The second kappa shape index (κ2) is 5.47. The molecule has 0 saturated carbocycles. The maximum absolute atomic E-state index is 12.1. The van der Waals surface area contributed by atoms with Crippen LogP contribution in [0.1, 0.15) is 54.6 Å². The lowest BCUT2D eigenvalue weighted by molar-refractivity contribution is -0.136. The fourth-order valence-corrected chi connectivity index (χ4v) is 3.34. The van der Waals surface area contributed by atoms with Gasteiger partial charge in [-0.3, -0.25) is 9.59 Å². The number of rotatable bonds is 2. The van der Waals surface area contributed by atoms with Gasteiger partial charge in [0.1, 0.15) is 16.9 Å². The molecule has 0 spiro atoms. The van der Waals surface area contributed by atoms with Crippen LogP contribution < -0.4 is 10.4 Å². The number of Topliss-reactive ketones (excluding diaryl/α,β-unsaturated/α-hetero) is 1. The maximum atomic E-state index is 12.1. The number of aryl methyl sites for hydroxylation is 1. The van der Waals surface area contributed by atoms with Crippen LogP contribution >= 0.6 is 0 Å². The molecule has 1 N–H and O–H groups in total. The van der Waals surface area contributed by atoms with E-state index in [1.165, 1.54) is 13.0 Å². The van der Waals surface area contributed by atoms with Crippen molar-refractivity contribution in [3.63, 3.8) is 0 Å². The second-order valence-corrected chi connectivity index (χ2v) is 6.50. The fourth-order valence-electron chi connectivity index (χ4n) is 3.34. The van der Waals surface area contributed by atoms with Gasteiger partial charge < -0.3 is 14.3 Å². The van der Waals surface area contributed by atoms with Crippen LogP contribution in [0.25, 0.3) is 11.0 Å². The summed E-state index contributed by atoms with van der Waals surface area (Å²) in [5.74, 6) is -1.43. The smallest absolute Gasteiger partial charge is 0.336 e. The van der Waals surface area contributed by atoms with E-state index in [-0.39, 0.29) is 40.9 Å². The zero-order valence-electron chi connectivity index (χ0n) is 13.9. The minimum atomic E-state index is -0.559. The summed E-state index contributed by atoms with van der Waals surface area (Å²) in [5, 5.41) is 10.9. The molecule has 24 heavy (non-hydrogen) atoms. The van der Waals surface area contributed by atoms with Gasteiger partial charge in [0, 0.05) is 17.5 Å². The van der Waals surface area contributed by atoms with Gasteiger partial charge in [-0.15, -0.1) is 0 Å². The Morgan fingerprint density at radius 2 is 2.00 bits per heavy atom. The van der Waals surface area contributed by atoms with Gasteiger partial charge in [0.2, 0.25) is 0 Å². The Hall–Kier alpha value is -2.63. The summed E-state index contributed by atoms with van der Waals surface area (Å²) in [7, 11) is 0. The Bertz CT molecular complexity index is 935. The number of phenols is 1. The fraction of sp³-hybridized carbons (Fsp3) is 0.389. The number of fused-ring (bicyclic) bond motifs is 3. The molecule has 0 bridgehead atoms. The van der Waals surface area contributed by atoms with Crippen LogP contribution in [0.3, 0.4) is 0 Å². The quantitative estimate of drug-likeness (QED) is 0.394. The van der Waals surface area contributed by atoms with Gasteiger partial charge in [-0.05, 0) is 25.3 Å². The van der Waals surface area contributed by atoms with E-state index in [1.54, 1.807) is 6.92 Å². The van der Waals surface area contributed by atoms with Gasteiger partial charge >= 0.3 is 11.6 Å². The number of aromatic hydroxyl groups is 1. The van der Waals surface area contributed by atoms with Crippen molar-refractivity contribution in [2.45, 2.75) is 40.0 Å². The van der Waals surface area contributed by atoms with Crippen LogP contribution in [-0.4, -0.2) is 16.9 Å². The number of carbonyl (C=O) groups excluding carboxylic acids is 2. The van der Waals surface area contributed by atoms with Crippen LogP contribution in [0.4, 0.5) is 0 Å². The molecule has 0 aliphatic carbocycles. The number of ether oxygens (including phenoxy) is 1. The number of hydrogen-bond acceptors (Lipinski definition) is 6. The molecule has 3 rings (SSSR count). The third-order valence-electron chi connectivity index (χ3n) is 4.48. The van der Waals surface area contributed by atoms with Crippen molar-refractivity contribution in [3.8, 4) is 11.5 Å². The molecular formula is C18H18O6. The predicted octanol–water partition coefficient (Wildman–Crippen LogP) is 3.06. The van der Waals surface area contributed by atoms with Gasteiger partial charge in [0.25, 0.3) is 0 Å². The summed E-state index contributed by atoms with van der Waals surface area (Å²) >= 11 is 0. The van der Waals surface area contributed by atoms with Crippen molar-refractivity contribution in [1.82, 2.24) is 0 Å². The van der Waals surface area contributed by atoms with Gasteiger partial charge in [-0.25, -0.2) is 4.79 Å². The van der Waals surface area contributed by atoms with Crippen LogP contribution in [0, 0.1) is 12.8 Å². The van der Waals surface area contributed by atoms with E-state index in [2.05, 4.69) is 0 Å². The third-order valence-corrected chi connectivity index (χ3v) is 4.48. The van der Waals surface area contributed by atoms with Crippen molar-refractivity contribution in [2.24, 2.45) is 5.92 Å². The molecule has 1 atom stereocenters. The van der Waals surface area contributed by atoms with E-state index >= 15 is 0 Å². The molecule has 2 heterocycles. The molecule has 1 aromatic heterocycles. The number of carbonyl (C=O) groups is 2. The normalized spacial score (nSPS) is 17.0. The lowest BCUT2D eigenvalue weighted by Gasteiger charge is -2.29. The summed E-state index contributed by atoms with van der Waals surface area (Å²) < 4.78 is 10.6. The van der Waals surface area contributed by atoms with E-state index in [1.807, 2.05) is 13.8 Å². The standard InChI is InChI=1S/C18H18O6/c1-7(2)10-6-12(21)24-18-14(9(4)19)16(22)13-8(3)5-11(20)23-17(13)15(10)18/h5,7,10,22H,6H2,1-4H3/t10-/m0/s1. The Morgan fingerprint density at radius 3 is 2.58 bits per heavy atom. The zero-order valence-corrected chi connectivity index (χ0v) is 13.9. The Balaban J connectivity index is 2.58. The largest absolute Gasteiger partial charge is 0.506 e. The number of ketones is 1. The second-order valence-electron chi connectivity index (χ2n) is 6.50. The number of esters is 1. The molecule has 1 aliphatic rings. The molecule has 0 unspecified atom stereocenters. The predicted molar refractivity (Wildman–Crippen MR) is 86.7 cm³/mol. The molecule has 126 valence electrons. The first-order valence-corrected chi connectivity index (χ1v) is 7.77. The summed E-state index contributed by atoms with van der Waals surface area (Å²) in [6, 6.07) is 1.26. The lowest BCUT2D eigenvalue weighted by atomic mass is 9.81. The molecule has 0 amide bonds.